The van der Waals surface area contributed by atoms with Gasteiger partial charge in [0.25, 0.3) is 0 Å². The standard InChI is InChI=1S/C22H26N2O6S/c1-29-18-7-5-6-15(12-18)22(21(25)23-31(26,27)28)13-16-10-11-17(14-22)24(16)19-8-3-4-9-20(19)30-2/h3-9,12,16-17H,10-11,13-14H2,1-2H3,(H,23,25)(H,26,27,28)/p-1. The Labute approximate surface area is 182 Å². The number of piperidine rings is 1. The Morgan fingerprint density at radius 1 is 1.06 bits per heavy atom. The molecule has 1 N–H and O–H groups in total. The maximum absolute atomic E-state index is 13.2. The zero-order valence-corrected chi connectivity index (χ0v) is 18.2. The van der Waals surface area contributed by atoms with Gasteiger partial charge >= 0.3 is 0 Å². The molecule has 4 rings (SSSR count). The summed E-state index contributed by atoms with van der Waals surface area (Å²) in [6.45, 7) is 0. The third-order valence-corrected chi connectivity index (χ3v) is 6.86. The molecule has 0 radical (unpaired) electrons. The van der Waals surface area contributed by atoms with Gasteiger partial charge in [0.1, 0.15) is 11.5 Å². The number of ether oxygens (including phenoxy) is 2. The van der Waals surface area contributed by atoms with Crippen LogP contribution in [0.5, 0.6) is 11.5 Å². The van der Waals surface area contributed by atoms with Gasteiger partial charge < -0.3 is 18.9 Å². The Hall–Kier alpha value is -2.78. The van der Waals surface area contributed by atoms with Crippen LogP contribution in [0.2, 0.25) is 0 Å². The van der Waals surface area contributed by atoms with Crippen molar-refractivity contribution in [1.29, 1.82) is 0 Å². The van der Waals surface area contributed by atoms with E-state index in [4.69, 9.17) is 9.47 Å². The van der Waals surface area contributed by atoms with Gasteiger partial charge in [-0.2, -0.15) is 0 Å². The molecular weight excluding hydrogens is 420 g/mol. The number of fused-ring (bicyclic) bond motifs is 2. The summed E-state index contributed by atoms with van der Waals surface area (Å²) in [7, 11) is -1.79. The number of carbonyl (C=O) groups is 1. The van der Waals surface area contributed by atoms with E-state index in [-0.39, 0.29) is 12.1 Å². The van der Waals surface area contributed by atoms with Crippen molar-refractivity contribution >= 4 is 21.9 Å². The van der Waals surface area contributed by atoms with E-state index in [9.17, 15) is 17.8 Å². The van der Waals surface area contributed by atoms with Crippen molar-refractivity contribution in [2.24, 2.45) is 0 Å². The summed E-state index contributed by atoms with van der Waals surface area (Å²) in [5.74, 6) is 0.529. The molecule has 2 fully saturated rings. The van der Waals surface area contributed by atoms with E-state index in [1.165, 1.54) is 7.11 Å². The molecule has 2 bridgehead atoms. The molecule has 2 saturated heterocycles. The van der Waals surface area contributed by atoms with Crippen LogP contribution in [0, 0.1) is 0 Å². The first-order valence-electron chi connectivity index (χ1n) is 10.1. The summed E-state index contributed by atoms with van der Waals surface area (Å²) in [5, 5.41) is 0. The summed E-state index contributed by atoms with van der Waals surface area (Å²) in [5.41, 5.74) is 0.439. The van der Waals surface area contributed by atoms with Gasteiger partial charge in [0.2, 0.25) is 5.91 Å². The average Bonchev–Trinajstić information content (AvgIpc) is 3.02. The van der Waals surface area contributed by atoms with Crippen LogP contribution >= 0.6 is 0 Å². The second-order valence-electron chi connectivity index (χ2n) is 8.07. The normalized spacial score (nSPS) is 25.2. The molecule has 2 unspecified atom stereocenters. The number of benzene rings is 2. The highest BCUT2D eigenvalue weighted by Gasteiger charge is 2.53. The van der Waals surface area contributed by atoms with Gasteiger partial charge in [-0.3, -0.25) is 9.52 Å². The summed E-state index contributed by atoms with van der Waals surface area (Å²) >= 11 is 0. The Balaban J connectivity index is 1.77. The number of anilines is 1. The Morgan fingerprint density at radius 2 is 1.74 bits per heavy atom. The zero-order chi connectivity index (χ0) is 22.2. The van der Waals surface area contributed by atoms with Crippen LogP contribution < -0.4 is 19.1 Å². The molecule has 0 aliphatic carbocycles. The first-order chi connectivity index (χ1) is 14.8. The SMILES string of the molecule is COc1cccc(C2(C(=O)NS(=O)(=O)[O-])CC3CCC(C2)N3c2ccccc2OC)c1. The van der Waals surface area contributed by atoms with Crippen molar-refractivity contribution < 1.29 is 27.2 Å². The molecule has 2 aromatic carbocycles. The molecule has 0 spiro atoms. The van der Waals surface area contributed by atoms with Crippen molar-refractivity contribution in [3.63, 3.8) is 0 Å². The van der Waals surface area contributed by atoms with E-state index in [1.54, 1.807) is 36.1 Å². The zero-order valence-electron chi connectivity index (χ0n) is 17.4. The Morgan fingerprint density at radius 3 is 2.35 bits per heavy atom. The van der Waals surface area contributed by atoms with E-state index < -0.39 is 21.6 Å². The highest BCUT2D eigenvalue weighted by atomic mass is 32.2. The molecular formula is C22H25N2O6S-. The van der Waals surface area contributed by atoms with Gasteiger partial charge in [-0.05, 0) is 55.5 Å². The van der Waals surface area contributed by atoms with E-state index in [1.807, 2.05) is 24.3 Å². The van der Waals surface area contributed by atoms with Crippen molar-refractivity contribution in [2.75, 3.05) is 19.1 Å². The fourth-order valence-corrected chi connectivity index (χ4v) is 5.59. The first kappa shape index (κ1) is 21.5. The summed E-state index contributed by atoms with van der Waals surface area (Å²) < 4.78 is 46.7. The van der Waals surface area contributed by atoms with E-state index in [2.05, 4.69) is 4.90 Å². The van der Waals surface area contributed by atoms with Crippen molar-refractivity contribution in [3.8, 4) is 11.5 Å². The second-order valence-corrected chi connectivity index (χ2v) is 9.18. The monoisotopic (exact) mass is 445 g/mol. The van der Waals surface area contributed by atoms with Gasteiger partial charge in [0.15, 0.2) is 10.3 Å². The van der Waals surface area contributed by atoms with Crippen LogP contribution in [-0.2, 0) is 20.5 Å². The van der Waals surface area contributed by atoms with E-state index >= 15 is 0 Å². The molecule has 2 heterocycles. The predicted molar refractivity (Wildman–Crippen MR) is 114 cm³/mol. The number of rotatable bonds is 6. The van der Waals surface area contributed by atoms with Gasteiger partial charge in [-0.1, -0.05) is 24.3 Å². The minimum atomic E-state index is -4.94. The maximum Gasteiger partial charge on any atom is 0.243 e. The Bertz CT molecular complexity index is 1070. The largest absolute Gasteiger partial charge is 0.731 e. The summed E-state index contributed by atoms with van der Waals surface area (Å²) in [6, 6.07) is 14.8. The van der Waals surface area contributed by atoms with Crippen LogP contribution in [0.4, 0.5) is 5.69 Å². The molecule has 1 amide bonds. The number of amides is 1. The third-order valence-electron chi connectivity index (χ3n) is 6.43. The molecule has 0 saturated carbocycles. The van der Waals surface area contributed by atoms with Crippen LogP contribution in [0.15, 0.2) is 48.5 Å². The van der Waals surface area contributed by atoms with Crippen molar-refractivity contribution in [3.05, 3.63) is 54.1 Å². The number of nitrogens with zero attached hydrogens (tertiary/aromatic N) is 1. The molecule has 31 heavy (non-hydrogen) atoms. The molecule has 9 heteroatoms. The fourth-order valence-electron chi connectivity index (χ4n) is 5.17. The lowest BCUT2D eigenvalue weighted by Gasteiger charge is -2.47. The highest BCUT2D eigenvalue weighted by molar-refractivity contribution is 7.84. The van der Waals surface area contributed by atoms with Crippen molar-refractivity contribution in [1.82, 2.24) is 4.72 Å². The summed E-state index contributed by atoms with van der Waals surface area (Å²) in [6.07, 6.45) is 2.45. The molecule has 2 aromatic rings. The van der Waals surface area contributed by atoms with Crippen LogP contribution in [0.1, 0.15) is 31.2 Å². The minimum Gasteiger partial charge on any atom is -0.731 e. The van der Waals surface area contributed by atoms with Gasteiger partial charge in [-0.15, -0.1) is 0 Å². The number of para-hydroxylation sites is 2. The molecule has 2 aliphatic heterocycles. The lowest BCUT2D eigenvalue weighted by molar-refractivity contribution is -0.126. The molecule has 2 atom stereocenters. The van der Waals surface area contributed by atoms with Crippen LogP contribution in [-0.4, -0.2) is 45.2 Å². The first-order valence-corrected chi connectivity index (χ1v) is 11.5. The Kier molecular flexibility index (Phi) is 5.57. The van der Waals surface area contributed by atoms with Gasteiger partial charge in [-0.25, -0.2) is 8.42 Å². The molecule has 0 aromatic heterocycles. The van der Waals surface area contributed by atoms with Crippen LogP contribution in [0.25, 0.3) is 0 Å². The quantitative estimate of drug-likeness (QED) is 0.680. The predicted octanol–water partition coefficient (Wildman–Crippen LogP) is 2.35. The maximum atomic E-state index is 13.2. The molecule has 166 valence electrons. The second kappa shape index (κ2) is 8.05. The molecule has 2 aliphatic rings. The average molecular weight is 446 g/mol. The lowest BCUT2D eigenvalue weighted by atomic mass is 9.69. The van der Waals surface area contributed by atoms with Crippen molar-refractivity contribution in [2.45, 2.75) is 43.2 Å². The smallest absolute Gasteiger partial charge is 0.243 e. The summed E-state index contributed by atoms with van der Waals surface area (Å²) in [4.78, 5) is 15.5. The molecule has 8 nitrogen and oxygen atoms in total. The van der Waals surface area contributed by atoms with Gasteiger partial charge in [0, 0.05) is 12.1 Å². The lowest BCUT2D eigenvalue weighted by Crippen LogP contribution is -2.57. The van der Waals surface area contributed by atoms with Crippen LogP contribution in [0.3, 0.4) is 0 Å². The fraction of sp³-hybridized carbons (Fsp3) is 0.409. The number of methoxy groups -OCH3 is 2. The minimum absolute atomic E-state index is 0.0126. The number of carbonyl (C=O) groups excluding carboxylic acids is 1. The third kappa shape index (κ3) is 3.95. The number of hydrogen-bond donors (Lipinski definition) is 1. The van der Waals surface area contributed by atoms with E-state index in [0.29, 0.717) is 24.2 Å². The number of hydrogen-bond acceptors (Lipinski definition) is 7. The number of nitrogens with one attached hydrogen (secondary N) is 1. The van der Waals surface area contributed by atoms with Gasteiger partial charge in [0.05, 0.1) is 25.3 Å². The highest BCUT2D eigenvalue weighted by Crippen LogP contribution is 2.51. The topological polar surface area (TPSA) is 108 Å². The van der Waals surface area contributed by atoms with E-state index in [0.717, 1.165) is 24.3 Å².